The number of methoxy groups -OCH3 is 1. The fourth-order valence-corrected chi connectivity index (χ4v) is 6.06. The number of aryl methyl sites for hydroxylation is 1. The van der Waals surface area contributed by atoms with Crippen LogP contribution in [0, 0.1) is 6.92 Å². The highest BCUT2D eigenvalue weighted by Crippen LogP contribution is 2.36. The molecule has 0 unspecified atom stereocenters. The van der Waals surface area contributed by atoms with Gasteiger partial charge in [-0.05, 0) is 44.0 Å². The molecule has 1 aliphatic rings. The monoisotopic (exact) mass is 468 g/mol. The number of aromatic nitrogens is 6. The zero-order chi connectivity index (χ0) is 22.1. The molecular formula is C22H24N6O2S2. The molecule has 0 atom stereocenters. The molecule has 0 spiro atoms. The Balaban J connectivity index is 1.46. The number of nitrogens with zero attached hydrogens (tertiary/aromatic N) is 6. The molecule has 166 valence electrons. The van der Waals surface area contributed by atoms with Gasteiger partial charge in [-0.15, -0.1) is 10.2 Å². The predicted octanol–water partition coefficient (Wildman–Crippen LogP) is 4.52. The van der Waals surface area contributed by atoms with E-state index in [9.17, 15) is 4.79 Å². The lowest BCUT2D eigenvalue weighted by atomic mass is 9.95. The molecule has 5 rings (SSSR count). The van der Waals surface area contributed by atoms with Crippen LogP contribution in [0.1, 0.15) is 48.8 Å². The summed E-state index contributed by atoms with van der Waals surface area (Å²) in [7, 11) is 1.67. The maximum absolute atomic E-state index is 12.2. The Morgan fingerprint density at radius 1 is 1.16 bits per heavy atom. The first-order chi connectivity index (χ1) is 15.6. The van der Waals surface area contributed by atoms with Gasteiger partial charge in [-0.2, -0.15) is 9.61 Å². The lowest BCUT2D eigenvalue weighted by molar-refractivity contribution is 0.339. The summed E-state index contributed by atoms with van der Waals surface area (Å²) in [4.78, 5) is 17.2. The van der Waals surface area contributed by atoms with Crippen molar-refractivity contribution in [1.29, 1.82) is 0 Å². The van der Waals surface area contributed by atoms with Crippen LogP contribution in [0.25, 0.3) is 16.3 Å². The molecule has 4 aromatic rings. The quantitative estimate of drug-likeness (QED) is 0.384. The topological polar surface area (TPSA) is 87.2 Å². The highest BCUT2D eigenvalue weighted by Gasteiger charge is 2.24. The van der Waals surface area contributed by atoms with E-state index >= 15 is 0 Å². The Morgan fingerprint density at radius 3 is 2.69 bits per heavy atom. The van der Waals surface area contributed by atoms with Gasteiger partial charge < -0.3 is 4.74 Å². The van der Waals surface area contributed by atoms with Crippen LogP contribution in [0.15, 0.2) is 40.3 Å². The van der Waals surface area contributed by atoms with Gasteiger partial charge in [0.1, 0.15) is 10.8 Å². The molecule has 0 bridgehead atoms. The summed E-state index contributed by atoms with van der Waals surface area (Å²) in [6, 6.07) is 9.87. The predicted molar refractivity (Wildman–Crippen MR) is 126 cm³/mol. The lowest BCUT2D eigenvalue weighted by Crippen LogP contribution is -2.15. The van der Waals surface area contributed by atoms with E-state index in [1.165, 1.54) is 41.2 Å². The van der Waals surface area contributed by atoms with Gasteiger partial charge in [0, 0.05) is 23.4 Å². The number of hydrogen-bond donors (Lipinski definition) is 0. The van der Waals surface area contributed by atoms with Crippen molar-refractivity contribution >= 4 is 28.1 Å². The van der Waals surface area contributed by atoms with Crippen molar-refractivity contribution in [3.63, 3.8) is 0 Å². The van der Waals surface area contributed by atoms with Crippen molar-refractivity contribution in [2.75, 3.05) is 7.11 Å². The highest BCUT2D eigenvalue weighted by atomic mass is 32.2. The van der Waals surface area contributed by atoms with Gasteiger partial charge in [-0.25, -0.2) is 4.98 Å². The maximum atomic E-state index is 12.2. The van der Waals surface area contributed by atoms with Crippen LogP contribution in [0.5, 0.6) is 5.75 Å². The third-order valence-corrected chi connectivity index (χ3v) is 7.74. The molecule has 1 saturated carbocycles. The van der Waals surface area contributed by atoms with E-state index in [-0.39, 0.29) is 5.56 Å². The number of thioether (sulfide) groups is 1. The van der Waals surface area contributed by atoms with Crippen LogP contribution in [0.4, 0.5) is 0 Å². The zero-order valence-electron chi connectivity index (χ0n) is 18.0. The van der Waals surface area contributed by atoms with Gasteiger partial charge in [0.2, 0.25) is 4.96 Å². The number of benzene rings is 1. The second-order valence-electron chi connectivity index (χ2n) is 7.91. The Morgan fingerprint density at radius 2 is 1.94 bits per heavy atom. The summed E-state index contributed by atoms with van der Waals surface area (Å²) in [6.45, 7) is 1.82. The van der Waals surface area contributed by atoms with Gasteiger partial charge in [0.25, 0.3) is 5.56 Å². The smallest absolute Gasteiger partial charge is 0.275 e. The number of hydrogen-bond acceptors (Lipinski definition) is 8. The summed E-state index contributed by atoms with van der Waals surface area (Å²) in [5, 5.41) is 15.3. The third kappa shape index (κ3) is 4.16. The fraction of sp³-hybridized carbons (Fsp3) is 0.409. The Kier molecular flexibility index (Phi) is 5.97. The lowest BCUT2D eigenvalue weighted by Gasteiger charge is -2.25. The average Bonchev–Trinajstić information content (AvgIpc) is 3.42. The second kappa shape index (κ2) is 9.03. The molecular weight excluding hydrogens is 444 g/mol. The zero-order valence-corrected chi connectivity index (χ0v) is 19.7. The Labute approximate surface area is 193 Å². The summed E-state index contributed by atoms with van der Waals surface area (Å²) in [5.41, 5.74) is 1.59. The summed E-state index contributed by atoms with van der Waals surface area (Å²) < 4.78 is 8.98. The molecule has 0 radical (unpaired) electrons. The number of ether oxygens (including phenoxy) is 1. The molecule has 3 aromatic heterocycles. The van der Waals surface area contributed by atoms with Crippen molar-refractivity contribution in [2.45, 2.75) is 56.0 Å². The van der Waals surface area contributed by atoms with Crippen molar-refractivity contribution in [3.05, 3.63) is 51.4 Å². The van der Waals surface area contributed by atoms with E-state index in [0.717, 1.165) is 40.1 Å². The van der Waals surface area contributed by atoms with E-state index in [2.05, 4.69) is 24.8 Å². The largest absolute Gasteiger partial charge is 0.497 e. The van der Waals surface area contributed by atoms with Crippen LogP contribution in [0.2, 0.25) is 0 Å². The van der Waals surface area contributed by atoms with Crippen LogP contribution in [-0.2, 0) is 5.75 Å². The molecule has 10 heteroatoms. The third-order valence-electron chi connectivity index (χ3n) is 5.69. The van der Waals surface area contributed by atoms with Crippen molar-refractivity contribution in [1.82, 2.24) is 29.4 Å². The minimum Gasteiger partial charge on any atom is -0.497 e. The molecule has 0 amide bonds. The van der Waals surface area contributed by atoms with E-state index < -0.39 is 0 Å². The molecule has 0 aliphatic heterocycles. The van der Waals surface area contributed by atoms with Crippen molar-refractivity contribution < 1.29 is 4.74 Å². The molecule has 0 N–H and O–H groups in total. The van der Waals surface area contributed by atoms with Gasteiger partial charge in [0.15, 0.2) is 11.0 Å². The first-order valence-electron chi connectivity index (χ1n) is 10.7. The standard InChI is InChI=1S/C22H24N6O2S2/c1-14-12-19(29)28-21(23-14)32-18(26-28)13-31-22-25-24-20(15-8-10-17(30-2)11-9-15)27(22)16-6-4-3-5-7-16/h8-12,16H,3-7,13H2,1-2H3. The van der Waals surface area contributed by atoms with Crippen LogP contribution in [0.3, 0.4) is 0 Å². The normalized spacial score (nSPS) is 14.8. The summed E-state index contributed by atoms with van der Waals surface area (Å²) >= 11 is 3.05. The molecule has 1 fully saturated rings. The summed E-state index contributed by atoms with van der Waals surface area (Å²) in [5.74, 6) is 2.32. The first kappa shape index (κ1) is 21.1. The highest BCUT2D eigenvalue weighted by molar-refractivity contribution is 7.98. The maximum Gasteiger partial charge on any atom is 0.275 e. The molecule has 1 aromatic carbocycles. The minimum absolute atomic E-state index is 0.146. The van der Waals surface area contributed by atoms with Crippen molar-refractivity contribution in [3.8, 4) is 17.1 Å². The SMILES string of the molecule is COc1ccc(-c2nnc(SCc3nn4c(=O)cc(C)nc4s3)n2C2CCCCC2)cc1. The fourth-order valence-electron chi connectivity index (χ4n) is 4.13. The van der Waals surface area contributed by atoms with Crippen molar-refractivity contribution in [2.24, 2.45) is 0 Å². The Hall–Kier alpha value is -2.72. The van der Waals surface area contributed by atoms with Gasteiger partial charge in [0.05, 0.1) is 12.9 Å². The van der Waals surface area contributed by atoms with E-state index in [4.69, 9.17) is 4.74 Å². The molecule has 32 heavy (non-hydrogen) atoms. The van der Waals surface area contributed by atoms with Crippen LogP contribution < -0.4 is 10.3 Å². The molecule has 0 saturated heterocycles. The molecule has 1 aliphatic carbocycles. The molecule has 8 nitrogen and oxygen atoms in total. The van der Waals surface area contributed by atoms with Gasteiger partial charge in [-0.1, -0.05) is 42.4 Å². The average molecular weight is 469 g/mol. The second-order valence-corrected chi connectivity index (χ2v) is 9.89. The van der Waals surface area contributed by atoms with Crippen LogP contribution in [-0.4, -0.2) is 36.5 Å². The van der Waals surface area contributed by atoms with E-state index in [1.54, 1.807) is 18.9 Å². The molecule has 3 heterocycles. The minimum atomic E-state index is -0.146. The van der Waals surface area contributed by atoms with Gasteiger partial charge >= 0.3 is 0 Å². The summed E-state index contributed by atoms with van der Waals surface area (Å²) in [6.07, 6.45) is 6.00. The van der Waals surface area contributed by atoms with E-state index in [0.29, 0.717) is 22.4 Å². The van der Waals surface area contributed by atoms with Crippen LogP contribution >= 0.6 is 23.1 Å². The Bertz CT molecular complexity index is 1290. The van der Waals surface area contributed by atoms with Gasteiger partial charge in [-0.3, -0.25) is 9.36 Å². The number of fused-ring (bicyclic) bond motifs is 1. The number of rotatable bonds is 6. The first-order valence-corrected chi connectivity index (χ1v) is 12.5. The van der Waals surface area contributed by atoms with E-state index in [1.807, 2.05) is 31.2 Å².